The summed E-state index contributed by atoms with van der Waals surface area (Å²) in [7, 11) is 1.96. The van der Waals surface area contributed by atoms with E-state index in [1.54, 1.807) is 0 Å². The largest absolute Gasteiger partial charge is 0.393 e. The fourth-order valence-corrected chi connectivity index (χ4v) is 5.23. The number of rotatable bonds is 4. The van der Waals surface area contributed by atoms with Crippen LogP contribution in [0.1, 0.15) is 50.3 Å². The zero-order valence-electron chi connectivity index (χ0n) is 15.3. The minimum atomic E-state index is -0.120. The number of nitrogens with zero attached hydrogens (tertiary/aromatic N) is 3. The van der Waals surface area contributed by atoms with Gasteiger partial charge in [0.25, 0.3) is 0 Å². The van der Waals surface area contributed by atoms with E-state index in [-0.39, 0.29) is 12.0 Å². The van der Waals surface area contributed by atoms with E-state index in [9.17, 15) is 9.90 Å². The molecular formula is C21H27N3O2. The van der Waals surface area contributed by atoms with Crippen molar-refractivity contribution in [3.05, 3.63) is 30.1 Å². The van der Waals surface area contributed by atoms with Gasteiger partial charge in [-0.1, -0.05) is 12.1 Å². The summed E-state index contributed by atoms with van der Waals surface area (Å²) in [6, 6.07) is 8.47. The number of hydrogen-bond acceptors (Lipinski definition) is 3. The monoisotopic (exact) mass is 353 g/mol. The first kappa shape index (κ1) is 16.3. The molecule has 2 unspecified atom stereocenters. The number of carbonyl (C=O) groups excluding carboxylic acids is 1. The Labute approximate surface area is 154 Å². The van der Waals surface area contributed by atoms with Crippen molar-refractivity contribution < 1.29 is 9.90 Å². The van der Waals surface area contributed by atoms with Gasteiger partial charge in [-0.25, -0.2) is 4.98 Å². The van der Waals surface area contributed by atoms with Crippen molar-refractivity contribution >= 4 is 16.9 Å². The predicted molar refractivity (Wildman–Crippen MR) is 99.7 cm³/mol. The quantitative estimate of drug-likeness (QED) is 0.919. The molecule has 26 heavy (non-hydrogen) atoms. The number of amides is 1. The zero-order valence-corrected chi connectivity index (χ0v) is 15.3. The maximum absolute atomic E-state index is 13.0. The van der Waals surface area contributed by atoms with Crippen LogP contribution in [-0.2, 0) is 11.3 Å². The Hall–Kier alpha value is -1.88. The van der Waals surface area contributed by atoms with E-state index in [4.69, 9.17) is 4.98 Å². The van der Waals surface area contributed by atoms with Gasteiger partial charge in [-0.05, 0) is 62.5 Å². The topological polar surface area (TPSA) is 58.4 Å². The fraction of sp³-hybridized carbons (Fsp3) is 0.619. The van der Waals surface area contributed by atoms with E-state index in [2.05, 4.69) is 10.6 Å². The second-order valence-electron chi connectivity index (χ2n) is 8.59. The van der Waals surface area contributed by atoms with Crippen molar-refractivity contribution in [2.75, 3.05) is 7.05 Å². The Morgan fingerprint density at radius 3 is 2.58 bits per heavy atom. The summed E-state index contributed by atoms with van der Waals surface area (Å²) in [4.78, 5) is 19.8. The lowest BCUT2D eigenvalue weighted by molar-refractivity contribution is -0.132. The van der Waals surface area contributed by atoms with Crippen LogP contribution in [0.25, 0.3) is 11.0 Å². The molecule has 4 atom stereocenters. The molecule has 0 bridgehead atoms. The van der Waals surface area contributed by atoms with Gasteiger partial charge >= 0.3 is 0 Å². The third-order valence-corrected chi connectivity index (χ3v) is 6.83. The lowest BCUT2D eigenvalue weighted by Crippen LogP contribution is -2.38. The highest BCUT2D eigenvalue weighted by Gasteiger charge is 2.43. The van der Waals surface area contributed by atoms with Crippen molar-refractivity contribution in [1.29, 1.82) is 0 Å². The highest BCUT2D eigenvalue weighted by molar-refractivity contribution is 5.81. The van der Waals surface area contributed by atoms with Gasteiger partial charge in [0.2, 0.25) is 5.91 Å². The Morgan fingerprint density at radius 1 is 1.19 bits per heavy atom. The van der Waals surface area contributed by atoms with Crippen LogP contribution in [0.15, 0.2) is 24.3 Å². The molecule has 5 nitrogen and oxygen atoms in total. The van der Waals surface area contributed by atoms with Crippen LogP contribution in [0.4, 0.5) is 0 Å². The average Bonchev–Trinajstić information content (AvgIpc) is 3.18. The van der Waals surface area contributed by atoms with E-state index in [1.807, 2.05) is 30.1 Å². The summed E-state index contributed by atoms with van der Waals surface area (Å²) >= 11 is 0. The summed E-state index contributed by atoms with van der Waals surface area (Å²) < 4.78 is 2.14. The summed E-state index contributed by atoms with van der Waals surface area (Å²) in [6.07, 6.45) is 6.17. The Balaban J connectivity index is 1.34. The van der Waals surface area contributed by atoms with Gasteiger partial charge < -0.3 is 14.6 Å². The Bertz CT molecular complexity index is 827. The standard InChI is InChI=1S/C21H27N3O2/c1-23(16-8-14-10-17(25)11-15(14)9-16)20(26)12-24-19-5-3-2-4-18(19)22-21(24)13-6-7-13/h2-5,13-17,25H,6-12H2,1H3/t14-,15+,16?,17?. The average molecular weight is 353 g/mol. The first-order valence-electron chi connectivity index (χ1n) is 9.99. The van der Waals surface area contributed by atoms with Crippen molar-refractivity contribution in [2.24, 2.45) is 11.8 Å². The molecule has 0 saturated heterocycles. The predicted octanol–water partition coefficient (Wildman–Crippen LogP) is 2.92. The van der Waals surface area contributed by atoms with E-state index in [1.165, 1.54) is 12.8 Å². The van der Waals surface area contributed by atoms with E-state index in [0.717, 1.165) is 42.5 Å². The molecule has 1 amide bonds. The highest BCUT2D eigenvalue weighted by Crippen LogP contribution is 2.45. The van der Waals surface area contributed by atoms with Crippen molar-refractivity contribution in [2.45, 2.75) is 63.1 Å². The second kappa shape index (κ2) is 6.08. The van der Waals surface area contributed by atoms with Crippen LogP contribution < -0.4 is 0 Å². The third kappa shape index (κ3) is 2.73. The fourth-order valence-electron chi connectivity index (χ4n) is 5.23. The first-order chi connectivity index (χ1) is 12.6. The van der Waals surface area contributed by atoms with Crippen molar-refractivity contribution in [3.8, 4) is 0 Å². The van der Waals surface area contributed by atoms with Crippen LogP contribution >= 0.6 is 0 Å². The molecule has 3 saturated carbocycles. The number of hydrogen-bond donors (Lipinski definition) is 1. The summed E-state index contributed by atoms with van der Waals surface area (Å²) in [6.45, 7) is 0.386. The molecule has 5 rings (SSSR count). The van der Waals surface area contributed by atoms with Gasteiger partial charge in [-0.2, -0.15) is 0 Å². The molecule has 1 aromatic carbocycles. The highest BCUT2D eigenvalue weighted by atomic mass is 16.3. The molecular weight excluding hydrogens is 326 g/mol. The van der Waals surface area contributed by atoms with Gasteiger partial charge in [0.1, 0.15) is 12.4 Å². The van der Waals surface area contributed by atoms with Gasteiger partial charge in [0, 0.05) is 19.0 Å². The smallest absolute Gasteiger partial charge is 0.242 e. The molecule has 1 aromatic heterocycles. The second-order valence-corrected chi connectivity index (χ2v) is 8.59. The number of benzene rings is 1. The first-order valence-corrected chi connectivity index (χ1v) is 9.99. The molecule has 1 N–H and O–H groups in total. The lowest BCUT2D eigenvalue weighted by atomic mass is 10.0. The Morgan fingerprint density at radius 2 is 1.88 bits per heavy atom. The normalized spacial score (nSPS) is 30.7. The molecule has 3 aliphatic carbocycles. The minimum absolute atomic E-state index is 0.120. The number of aliphatic hydroxyl groups excluding tert-OH is 1. The van der Waals surface area contributed by atoms with Crippen LogP contribution in [0.2, 0.25) is 0 Å². The maximum Gasteiger partial charge on any atom is 0.242 e. The minimum Gasteiger partial charge on any atom is -0.393 e. The van der Waals surface area contributed by atoms with Gasteiger partial charge in [0.15, 0.2) is 0 Å². The third-order valence-electron chi connectivity index (χ3n) is 6.83. The number of para-hydroxylation sites is 2. The molecule has 138 valence electrons. The van der Waals surface area contributed by atoms with Crippen LogP contribution in [-0.4, -0.2) is 44.7 Å². The molecule has 0 radical (unpaired) electrons. The van der Waals surface area contributed by atoms with Gasteiger partial charge in [0.05, 0.1) is 17.1 Å². The van der Waals surface area contributed by atoms with Crippen molar-refractivity contribution in [3.63, 3.8) is 0 Å². The van der Waals surface area contributed by atoms with Gasteiger partial charge in [-0.15, -0.1) is 0 Å². The molecule has 3 aliphatic rings. The Kier molecular flexibility index (Phi) is 3.82. The molecule has 0 spiro atoms. The number of imidazole rings is 1. The van der Waals surface area contributed by atoms with Crippen molar-refractivity contribution in [1.82, 2.24) is 14.5 Å². The molecule has 1 heterocycles. The number of likely N-dealkylation sites (N-methyl/N-ethyl adjacent to an activating group) is 1. The van der Waals surface area contributed by atoms with E-state index < -0.39 is 0 Å². The molecule has 2 aromatic rings. The zero-order chi connectivity index (χ0) is 17.8. The lowest BCUT2D eigenvalue weighted by Gasteiger charge is -2.26. The maximum atomic E-state index is 13.0. The SMILES string of the molecule is CN(C(=O)Cn1c(C2CC2)nc2ccccc21)C1C[C@H]2CC(O)C[C@H]2C1. The number of fused-ring (bicyclic) bond motifs is 2. The van der Waals surface area contributed by atoms with Crippen LogP contribution in [0, 0.1) is 11.8 Å². The van der Waals surface area contributed by atoms with Gasteiger partial charge in [-0.3, -0.25) is 4.79 Å². The van der Waals surface area contributed by atoms with Crippen LogP contribution in [0.5, 0.6) is 0 Å². The molecule has 3 fully saturated rings. The van der Waals surface area contributed by atoms with E-state index >= 15 is 0 Å². The number of carbonyl (C=O) groups is 1. The number of aromatic nitrogens is 2. The summed E-state index contributed by atoms with van der Waals surface area (Å²) in [5.74, 6) is 2.98. The summed E-state index contributed by atoms with van der Waals surface area (Å²) in [5.41, 5.74) is 2.07. The molecule has 5 heteroatoms. The van der Waals surface area contributed by atoms with Crippen LogP contribution in [0.3, 0.4) is 0 Å². The number of aliphatic hydroxyl groups is 1. The molecule has 0 aliphatic heterocycles. The summed E-state index contributed by atoms with van der Waals surface area (Å²) in [5, 5.41) is 9.84. The van der Waals surface area contributed by atoms with E-state index in [0.29, 0.717) is 30.3 Å².